The minimum Gasteiger partial charge on any atom is -0.456 e. The van der Waals surface area contributed by atoms with E-state index in [1.165, 1.54) is 5.69 Å². The number of hydrogen-bond donors (Lipinski definition) is 1. The van der Waals surface area contributed by atoms with E-state index in [9.17, 15) is 40.7 Å². The third-order valence-corrected chi connectivity index (χ3v) is 10.4. The average molecular weight is 933 g/mol. The van der Waals surface area contributed by atoms with Crippen molar-refractivity contribution in [3.05, 3.63) is 121 Å². The maximum atomic E-state index is 12.4. The number of Topliss-reactive ketones (excluding diaryl/α,β-unsaturated/α-hetero) is 2. The highest BCUT2D eigenvalue weighted by Gasteiger charge is 2.54. The van der Waals surface area contributed by atoms with Gasteiger partial charge in [-0.15, -0.1) is 0 Å². The average Bonchev–Trinajstić information content (AvgIpc) is 3.30. The summed E-state index contributed by atoms with van der Waals surface area (Å²) in [5.74, 6) is -3.45. The molecule has 0 atom stereocenters. The zero-order valence-electron chi connectivity index (χ0n) is 37.5. The minimum absolute atomic E-state index is 0.252. The molecule has 0 radical (unpaired) electrons. The van der Waals surface area contributed by atoms with Gasteiger partial charge in [0, 0.05) is 86.7 Å². The molecule has 0 unspecified atom stereocenters. The van der Waals surface area contributed by atoms with Crippen LogP contribution in [0.2, 0.25) is 0 Å². The molecule has 18 heteroatoms. The summed E-state index contributed by atoms with van der Waals surface area (Å²) >= 11 is 0. The maximum absolute atomic E-state index is 12.4. The van der Waals surface area contributed by atoms with Crippen molar-refractivity contribution < 1.29 is 54.9 Å². The Morgan fingerprint density at radius 3 is 1.34 bits per heavy atom. The van der Waals surface area contributed by atoms with Crippen LogP contribution < -0.4 is 24.6 Å². The molecule has 2 fully saturated rings. The SMILES string of the molecule is Cc1cnc2c(N3CCN(C(=O)OC(C)(C)C)CC3)cccc2c1Oc1ccccc1.Cc1cnc2c(N3CCNCC3)cccc2c1Oc1ccccc1.O=C(C(=O)C(F)(F)F)C(F)(F)F. The summed E-state index contributed by atoms with van der Waals surface area (Å²) in [4.78, 5) is 47.5. The van der Waals surface area contributed by atoms with Gasteiger partial charge >= 0.3 is 30.0 Å². The number of amides is 1. The number of aryl methyl sites for hydroxylation is 2. The maximum Gasteiger partial charge on any atom is 0.458 e. The number of carbonyl (C=O) groups excluding carboxylic acids is 3. The van der Waals surface area contributed by atoms with Crippen LogP contribution in [0, 0.1) is 13.8 Å². The van der Waals surface area contributed by atoms with E-state index in [0.29, 0.717) is 13.1 Å². The second-order valence-electron chi connectivity index (χ2n) is 16.6. The topological polar surface area (TPSA) is 126 Å². The number of alkyl halides is 6. The Labute approximate surface area is 383 Å². The Hall–Kier alpha value is -6.95. The summed E-state index contributed by atoms with van der Waals surface area (Å²) in [6.07, 6.45) is -8.02. The van der Waals surface area contributed by atoms with Gasteiger partial charge in [-0.3, -0.25) is 19.6 Å². The molecule has 4 aromatic carbocycles. The van der Waals surface area contributed by atoms with Crippen molar-refractivity contribution in [2.45, 2.75) is 52.6 Å². The number of aromatic nitrogens is 2. The highest BCUT2D eigenvalue weighted by atomic mass is 19.4. The molecule has 67 heavy (non-hydrogen) atoms. The van der Waals surface area contributed by atoms with Crippen LogP contribution >= 0.6 is 0 Å². The van der Waals surface area contributed by atoms with Gasteiger partial charge in [-0.25, -0.2) is 4.79 Å². The fourth-order valence-corrected chi connectivity index (χ4v) is 7.18. The third-order valence-electron chi connectivity index (χ3n) is 10.4. The van der Waals surface area contributed by atoms with E-state index < -0.39 is 29.5 Å². The van der Waals surface area contributed by atoms with Gasteiger partial charge in [0.25, 0.3) is 0 Å². The summed E-state index contributed by atoms with van der Waals surface area (Å²) in [6, 6.07) is 32.2. The predicted molar refractivity (Wildman–Crippen MR) is 243 cm³/mol. The first-order chi connectivity index (χ1) is 31.7. The number of piperazine rings is 2. The van der Waals surface area contributed by atoms with Crippen LogP contribution in [0.15, 0.2) is 109 Å². The molecule has 2 saturated heterocycles. The number of benzene rings is 4. The lowest BCUT2D eigenvalue weighted by Crippen LogP contribution is -2.50. The Balaban J connectivity index is 0.000000182. The van der Waals surface area contributed by atoms with Crippen LogP contribution in [0.4, 0.5) is 42.5 Å². The van der Waals surface area contributed by atoms with E-state index >= 15 is 0 Å². The molecule has 4 heterocycles. The number of halogens is 6. The molecule has 1 amide bonds. The number of ether oxygens (including phenoxy) is 3. The molecule has 6 aromatic rings. The van der Waals surface area contributed by atoms with Crippen LogP contribution in [-0.4, -0.2) is 103 Å². The molecule has 0 bridgehead atoms. The molecule has 12 nitrogen and oxygen atoms in total. The number of carbonyl (C=O) groups is 3. The number of fused-ring (bicyclic) bond motifs is 2. The van der Waals surface area contributed by atoms with Gasteiger partial charge < -0.3 is 34.2 Å². The highest BCUT2D eigenvalue weighted by Crippen LogP contribution is 2.38. The largest absolute Gasteiger partial charge is 0.458 e. The zero-order chi connectivity index (χ0) is 48.5. The van der Waals surface area contributed by atoms with Crippen molar-refractivity contribution in [1.29, 1.82) is 0 Å². The lowest BCUT2D eigenvalue weighted by atomic mass is 10.1. The van der Waals surface area contributed by atoms with Crippen molar-refractivity contribution in [2.75, 3.05) is 62.2 Å². The molecule has 2 aliphatic rings. The molecule has 354 valence electrons. The molecule has 0 saturated carbocycles. The van der Waals surface area contributed by atoms with E-state index in [-0.39, 0.29) is 6.09 Å². The Morgan fingerprint density at radius 2 is 0.955 bits per heavy atom. The lowest BCUT2D eigenvalue weighted by Gasteiger charge is -2.37. The van der Waals surface area contributed by atoms with Gasteiger partial charge in [0.15, 0.2) is 0 Å². The second-order valence-corrected chi connectivity index (χ2v) is 16.6. The molecule has 0 spiro atoms. The van der Waals surface area contributed by atoms with Crippen LogP contribution in [0.3, 0.4) is 0 Å². The van der Waals surface area contributed by atoms with Crippen molar-refractivity contribution >= 4 is 50.8 Å². The predicted octanol–water partition coefficient (Wildman–Crippen LogP) is 10.4. The molecule has 0 aliphatic carbocycles. The van der Waals surface area contributed by atoms with E-state index in [0.717, 1.165) is 101 Å². The monoisotopic (exact) mass is 932 g/mol. The summed E-state index contributed by atoms with van der Waals surface area (Å²) in [7, 11) is 0. The molecular formula is C49H50F6N6O6. The molecular weight excluding hydrogens is 883 g/mol. The van der Waals surface area contributed by atoms with Crippen LogP contribution in [0.5, 0.6) is 23.0 Å². The number of ketones is 2. The summed E-state index contributed by atoms with van der Waals surface area (Å²) in [5.41, 5.74) is 5.71. The van der Waals surface area contributed by atoms with E-state index in [4.69, 9.17) is 24.2 Å². The number of rotatable bonds is 7. The first kappa shape index (κ1) is 49.5. The van der Waals surface area contributed by atoms with Gasteiger partial charge in [-0.1, -0.05) is 48.5 Å². The van der Waals surface area contributed by atoms with Crippen molar-refractivity contribution in [2.24, 2.45) is 0 Å². The number of anilines is 2. The van der Waals surface area contributed by atoms with Crippen molar-refractivity contribution in [3.63, 3.8) is 0 Å². The van der Waals surface area contributed by atoms with E-state index in [1.54, 1.807) is 4.90 Å². The standard InChI is InChI=1S/C25H29N3O3.C20H21N3O.C4F6O2/c1-18-17-26-22-20(23(18)30-19-9-6-5-7-10-19)11-8-12-21(22)27-13-15-28(16-14-27)24(29)31-25(2,3)4;1-15-14-22-19-17(20(15)24-16-6-3-2-4-7-16)8-5-9-18(19)23-12-10-21-11-13-23;5-3(6,7)1(11)2(12)4(8,9)10/h5-12,17H,13-16H2,1-4H3;2-9,14,21H,10-13H2,1H3;. The molecule has 8 rings (SSSR count). The number of nitrogens with zero attached hydrogens (tertiary/aromatic N) is 5. The van der Waals surface area contributed by atoms with E-state index in [2.05, 4.69) is 39.4 Å². The lowest BCUT2D eigenvalue weighted by molar-refractivity contribution is -0.193. The van der Waals surface area contributed by atoms with Gasteiger partial charge in [0.1, 0.15) is 28.6 Å². The second kappa shape index (κ2) is 21.1. The fraction of sp³-hybridized carbons (Fsp3) is 0.327. The first-order valence-electron chi connectivity index (χ1n) is 21.3. The van der Waals surface area contributed by atoms with Gasteiger partial charge in [0.05, 0.1) is 22.4 Å². The molecule has 2 aliphatic heterocycles. The first-order valence-corrected chi connectivity index (χ1v) is 21.3. The number of nitrogens with one attached hydrogen (secondary N) is 1. The quantitative estimate of drug-likeness (QED) is 0.121. The minimum atomic E-state index is -5.77. The number of pyridine rings is 2. The molecule has 1 N–H and O–H groups in total. The molecule has 2 aromatic heterocycles. The summed E-state index contributed by atoms with van der Waals surface area (Å²) in [6.45, 7) is 16.4. The normalized spacial score (nSPS) is 14.3. The van der Waals surface area contributed by atoms with Gasteiger partial charge in [-0.05, 0) is 83.1 Å². The van der Waals surface area contributed by atoms with Crippen LogP contribution in [0.25, 0.3) is 21.8 Å². The Kier molecular flexibility index (Phi) is 15.6. The van der Waals surface area contributed by atoms with E-state index in [1.807, 2.05) is 120 Å². The summed E-state index contributed by atoms with van der Waals surface area (Å²) in [5, 5.41) is 5.45. The van der Waals surface area contributed by atoms with Gasteiger partial charge in [0.2, 0.25) is 0 Å². The van der Waals surface area contributed by atoms with Crippen molar-refractivity contribution in [1.82, 2.24) is 20.2 Å². The Bertz CT molecular complexity index is 2640. The highest BCUT2D eigenvalue weighted by molar-refractivity contribution is 6.41. The fourth-order valence-electron chi connectivity index (χ4n) is 7.18. The van der Waals surface area contributed by atoms with Gasteiger partial charge in [-0.2, -0.15) is 26.3 Å². The van der Waals surface area contributed by atoms with Crippen molar-refractivity contribution in [3.8, 4) is 23.0 Å². The number of hydrogen-bond acceptors (Lipinski definition) is 11. The number of para-hydroxylation sites is 4. The van der Waals surface area contributed by atoms with Crippen LogP contribution in [0.1, 0.15) is 31.9 Å². The third kappa shape index (κ3) is 12.9. The zero-order valence-corrected chi connectivity index (χ0v) is 37.5. The summed E-state index contributed by atoms with van der Waals surface area (Å²) < 4.78 is 84.9. The smallest absolute Gasteiger partial charge is 0.456 e. The van der Waals surface area contributed by atoms with Crippen LogP contribution in [-0.2, 0) is 14.3 Å². The Morgan fingerprint density at radius 1 is 0.552 bits per heavy atom.